The summed E-state index contributed by atoms with van der Waals surface area (Å²) in [7, 11) is 5.76. The van der Waals surface area contributed by atoms with Gasteiger partial charge in [-0.25, -0.2) is 0 Å². The summed E-state index contributed by atoms with van der Waals surface area (Å²) < 4.78 is 37.8. The number of rotatable bonds is 7. The summed E-state index contributed by atoms with van der Waals surface area (Å²) in [6.45, 7) is 2.10. The quantitative estimate of drug-likeness (QED) is 0.325. The second-order valence-corrected chi connectivity index (χ2v) is 6.85. The van der Waals surface area contributed by atoms with E-state index < -0.39 is 11.7 Å². The number of alkyl halides is 3. The lowest BCUT2D eigenvalue weighted by molar-refractivity contribution is -0.137. The Labute approximate surface area is 187 Å². The monoisotopic (exact) mass is 520 g/mol. The molecule has 8 heteroatoms. The van der Waals surface area contributed by atoms with Gasteiger partial charge in [0, 0.05) is 26.7 Å². The van der Waals surface area contributed by atoms with Crippen LogP contribution >= 0.6 is 24.0 Å². The van der Waals surface area contributed by atoms with Gasteiger partial charge in [-0.3, -0.25) is 4.99 Å². The summed E-state index contributed by atoms with van der Waals surface area (Å²) in [5.41, 5.74) is 2.62. The minimum absolute atomic E-state index is 0. The first kappa shape index (κ1) is 25.2. The van der Waals surface area contributed by atoms with Crippen LogP contribution in [-0.4, -0.2) is 38.5 Å². The van der Waals surface area contributed by atoms with Gasteiger partial charge in [-0.2, -0.15) is 13.2 Å². The standard InChI is InChI=1S/C21H27F3N4.HI/c1-25-20(27-14-17-5-4-6-18(13-17)15-28(2)3)26-12-11-16-7-9-19(10-8-16)21(22,23)24;/h4-10,13H,11-12,14-15H2,1-3H3,(H2,25,26,27);1H. The highest BCUT2D eigenvalue weighted by molar-refractivity contribution is 14.0. The van der Waals surface area contributed by atoms with E-state index in [4.69, 9.17) is 0 Å². The zero-order valence-electron chi connectivity index (χ0n) is 16.9. The molecule has 0 aliphatic carbocycles. The molecule has 0 aliphatic rings. The first-order chi connectivity index (χ1) is 13.3. The molecule has 0 aromatic heterocycles. The van der Waals surface area contributed by atoms with E-state index in [1.165, 1.54) is 17.7 Å². The van der Waals surface area contributed by atoms with Gasteiger partial charge < -0.3 is 15.5 Å². The Morgan fingerprint density at radius 1 is 0.966 bits per heavy atom. The molecule has 2 aromatic carbocycles. The van der Waals surface area contributed by atoms with Gasteiger partial charge in [0.1, 0.15) is 0 Å². The molecule has 0 amide bonds. The highest BCUT2D eigenvalue weighted by Crippen LogP contribution is 2.29. The van der Waals surface area contributed by atoms with Crippen molar-refractivity contribution in [1.29, 1.82) is 0 Å². The number of nitrogens with zero attached hydrogens (tertiary/aromatic N) is 2. The molecule has 0 fully saturated rings. The number of guanidine groups is 1. The molecule has 0 atom stereocenters. The molecule has 0 saturated heterocycles. The van der Waals surface area contributed by atoms with Gasteiger partial charge in [0.2, 0.25) is 0 Å². The Morgan fingerprint density at radius 3 is 2.21 bits per heavy atom. The molecule has 0 unspecified atom stereocenters. The summed E-state index contributed by atoms with van der Waals surface area (Å²) in [5, 5.41) is 6.45. The van der Waals surface area contributed by atoms with Crippen LogP contribution in [0, 0.1) is 0 Å². The second-order valence-electron chi connectivity index (χ2n) is 6.85. The highest BCUT2D eigenvalue weighted by Gasteiger charge is 2.29. The first-order valence-corrected chi connectivity index (χ1v) is 9.11. The first-order valence-electron chi connectivity index (χ1n) is 9.11. The smallest absolute Gasteiger partial charge is 0.356 e. The van der Waals surface area contributed by atoms with Crippen molar-refractivity contribution in [2.24, 2.45) is 4.99 Å². The van der Waals surface area contributed by atoms with Crippen molar-refractivity contribution < 1.29 is 13.2 Å². The fourth-order valence-electron chi connectivity index (χ4n) is 2.80. The van der Waals surface area contributed by atoms with Gasteiger partial charge in [-0.1, -0.05) is 36.4 Å². The van der Waals surface area contributed by atoms with E-state index in [-0.39, 0.29) is 24.0 Å². The van der Waals surface area contributed by atoms with Crippen LogP contribution in [0.3, 0.4) is 0 Å². The molecular weight excluding hydrogens is 492 g/mol. The third-order valence-corrected chi connectivity index (χ3v) is 4.16. The molecule has 4 nitrogen and oxygen atoms in total. The number of halogens is 4. The van der Waals surface area contributed by atoms with Crippen LogP contribution in [-0.2, 0) is 25.7 Å². The van der Waals surface area contributed by atoms with E-state index in [0.717, 1.165) is 29.8 Å². The number of hydrogen-bond donors (Lipinski definition) is 2. The molecule has 0 aliphatic heterocycles. The van der Waals surface area contributed by atoms with E-state index in [1.807, 2.05) is 20.2 Å². The Kier molecular flexibility index (Phi) is 10.5. The topological polar surface area (TPSA) is 39.7 Å². The van der Waals surface area contributed by atoms with E-state index in [0.29, 0.717) is 25.5 Å². The summed E-state index contributed by atoms with van der Waals surface area (Å²) >= 11 is 0. The van der Waals surface area contributed by atoms with Crippen molar-refractivity contribution in [2.75, 3.05) is 27.7 Å². The van der Waals surface area contributed by atoms with Gasteiger partial charge >= 0.3 is 6.18 Å². The number of hydrogen-bond acceptors (Lipinski definition) is 2. The van der Waals surface area contributed by atoms with Crippen LogP contribution in [0.2, 0.25) is 0 Å². The fraction of sp³-hybridized carbons (Fsp3) is 0.381. The van der Waals surface area contributed by atoms with Crippen LogP contribution in [0.1, 0.15) is 22.3 Å². The molecule has 2 aromatic rings. The van der Waals surface area contributed by atoms with Crippen molar-refractivity contribution in [3.8, 4) is 0 Å². The Hall–Kier alpha value is -1.81. The van der Waals surface area contributed by atoms with Crippen LogP contribution in [0.25, 0.3) is 0 Å². The van der Waals surface area contributed by atoms with E-state index >= 15 is 0 Å². The molecule has 2 rings (SSSR count). The largest absolute Gasteiger partial charge is 0.416 e. The van der Waals surface area contributed by atoms with E-state index in [1.54, 1.807) is 7.05 Å². The van der Waals surface area contributed by atoms with E-state index in [2.05, 4.69) is 38.7 Å². The maximum absolute atomic E-state index is 12.6. The zero-order chi connectivity index (χ0) is 20.6. The fourth-order valence-corrected chi connectivity index (χ4v) is 2.80. The Balaban J connectivity index is 0.00000420. The summed E-state index contributed by atoms with van der Waals surface area (Å²) in [4.78, 5) is 6.31. The summed E-state index contributed by atoms with van der Waals surface area (Å²) in [5.74, 6) is 0.657. The van der Waals surface area contributed by atoms with Crippen molar-refractivity contribution in [3.63, 3.8) is 0 Å². The molecule has 0 bridgehead atoms. The van der Waals surface area contributed by atoms with Gasteiger partial charge in [-0.05, 0) is 49.3 Å². The zero-order valence-corrected chi connectivity index (χ0v) is 19.2. The lowest BCUT2D eigenvalue weighted by Gasteiger charge is -2.14. The highest BCUT2D eigenvalue weighted by atomic mass is 127. The molecule has 29 heavy (non-hydrogen) atoms. The predicted molar refractivity (Wildman–Crippen MR) is 123 cm³/mol. The molecule has 0 heterocycles. The SMILES string of the molecule is CN=C(NCCc1ccc(C(F)(F)F)cc1)NCc1cccc(CN(C)C)c1.I. The van der Waals surface area contributed by atoms with Crippen molar-refractivity contribution in [3.05, 3.63) is 70.8 Å². The summed E-state index contributed by atoms with van der Waals surface area (Å²) in [6.07, 6.45) is -3.69. The van der Waals surface area contributed by atoms with Crippen molar-refractivity contribution in [1.82, 2.24) is 15.5 Å². The normalized spacial score (nSPS) is 11.9. The Morgan fingerprint density at radius 2 is 1.62 bits per heavy atom. The number of nitrogens with one attached hydrogen (secondary N) is 2. The van der Waals surface area contributed by atoms with Crippen molar-refractivity contribution >= 4 is 29.9 Å². The number of aliphatic imine (C=N–C) groups is 1. The van der Waals surface area contributed by atoms with Crippen molar-refractivity contribution in [2.45, 2.75) is 25.7 Å². The van der Waals surface area contributed by atoms with Gasteiger partial charge in [0.25, 0.3) is 0 Å². The van der Waals surface area contributed by atoms with Crippen LogP contribution in [0.5, 0.6) is 0 Å². The average Bonchev–Trinajstić information content (AvgIpc) is 2.64. The Bertz CT molecular complexity index is 774. The molecule has 0 radical (unpaired) electrons. The minimum atomic E-state index is -4.30. The predicted octanol–water partition coefficient (Wildman–Crippen LogP) is 4.29. The summed E-state index contributed by atoms with van der Waals surface area (Å²) in [6, 6.07) is 13.6. The lowest BCUT2D eigenvalue weighted by atomic mass is 10.1. The second kappa shape index (κ2) is 12.0. The van der Waals surface area contributed by atoms with Gasteiger partial charge in [0.05, 0.1) is 5.56 Å². The van der Waals surface area contributed by atoms with Gasteiger partial charge in [0.15, 0.2) is 5.96 Å². The molecular formula is C21H28F3IN4. The van der Waals surface area contributed by atoms with Gasteiger partial charge in [-0.15, -0.1) is 24.0 Å². The van der Waals surface area contributed by atoms with Crippen LogP contribution in [0.4, 0.5) is 13.2 Å². The third-order valence-electron chi connectivity index (χ3n) is 4.16. The maximum Gasteiger partial charge on any atom is 0.416 e. The molecule has 0 spiro atoms. The number of benzene rings is 2. The third kappa shape index (κ3) is 9.03. The maximum atomic E-state index is 12.6. The molecule has 160 valence electrons. The van der Waals surface area contributed by atoms with E-state index in [9.17, 15) is 13.2 Å². The average molecular weight is 520 g/mol. The molecule has 0 saturated carbocycles. The van der Waals surface area contributed by atoms with Crippen LogP contribution < -0.4 is 10.6 Å². The minimum Gasteiger partial charge on any atom is -0.356 e. The van der Waals surface area contributed by atoms with Crippen LogP contribution in [0.15, 0.2) is 53.5 Å². The molecule has 2 N–H and O–H groups in total. The lowest BCUT2D eigenvalue weighted by Crippen LogP contribution is -2.37.